The Kier molecular flexibility index (Phi) is 2.76. The van der Waals surface area contributed by atoms with E-state index in [1.165, 1.54) is 5.56 Å². The topological polar surface area (TPSA) is 26.3 Å². The van der Waals surface area contributed by atoms with E-state index >= 15 is 0 Å². The summed E-state index contributed by atoms with van der Waals surface area (Å²) in [5.74, 6) is 2.10. The number of hydrogen-bond acceptors (Lipinski definition) is 2. The molecule has 1 aromatic carbocycles. The van der Waals surface area contributed by atoms with Gasteiger partial charge in [-0.05, 0) is 43.4 Å². The molecule has 0 radical (unpaired) electrons. The summed E-state index contributed by atoms with van der Waals surface area (Å²) in [6.45, 7) is 1.69. The number of methoxy groups -OCH3 is 1. The number of hydrogen-bond donors (Lipinski definition) is 0. The third-order valence-electron chi connectivity index (χ3n) is 3.30. The van der Waals surface area contributed by atoms with Crippen molar-refractivity contribution in [3.63, 3.8) is 0 Å². The van der Waals surface area contributed by atoms with Crippen LogP contribution in [0.4, 0.5) is 0 Å². The highest BCUT2D eigenvalue weighted by molar-refractivity contribution is 5.79. The molecule has 80 valence electrons. The van der Waals surface area contributed by atoms with Crippen LogP contribution in [0.5, 0.6) is 5.75 Å². The SMILES string of the molecule is COc1ccc(C2CC(C(C)=O)C2)cc1. The van der Waals surface area contributed by atoms with E-state index in [9.17, 15) is 4.79 Å². The van der Waals surface area contributed by atoms with Crippen LogP contribution < -0.4 is 4.74 Å². The molecule has 15 heavy (non-hydrogen) atoms. The van der Waals surface area contributed by atoms with Gasteiger partial charge in [-0.25, -0.2) is 0 Å². The van der Waals surface area contributed by atoms with Crippen molar-refractivity contribution in [2.75, 3.05) is 7.11 Å². The van der Waals surface area contributed by atoms with E-state index in [1.54, 1.807) is 14.0 Å². The second-order valence-corrected chi connectivity index (χ2v) is 4.25. The van der Waals surface area contributed by atoms with E-state index in [-0.39, 0.29) is 0 Å². The highest BCUT2D eigenvalue weighted by Gasteiger charge is 2.32. The molecule has 2 nitrogen and oxygen atoms in total. The van der Waals surface area contributed by atoms with Crippen LogP contribution in [0.3, 0.4) is 0 Å². The van der Waals surface area contributed by atoms with Gasteiger partial charge >= 0.3 is 0 Å². The lowest BCUT2D eigenvalue weighted by atomic mass is 9.70. The van der Waals surface area contributed by atoms with E-state index in [4.69, 9.17) is 4.74 Å². The van der Waals surface area contributed by atoms with Crippen LogP contribution in [0, 0.1) is 5.92 Å². The zero-order chi connectivity index (χ0) is 10.8. The van der Waals surface area contributed by atoms with Gasteiger partial charge in [0.2, 0.25) is 0 Å². The van der Waals surface area contributed by atoms with Gasteiger partial charge in [-0.2, -0.15) is 0 Å². The van der Waals surface area contributed by atoms with Crippen molar-refractivity contribution < 1.29 is 9.53 Å². The highest BCUT2D eigenvalue weighted by atomic mass is 16.5. The predicted molar refractivity (Wildman–Crippen MR) is 59.1 cm³/mol. The van der Waals surface area contributed by atoms with Crippen molar-refractivity contribution in [1.29, 1.82) is 0 Å². The van der Waals surface area contributed by atoms with Crippen molar-refractivity contribution in [1.82, 2.24) is 0 Å². The summed E-state index contributed by atoms with van der Waals surface area (Å²) in [5.41, 5.74) is 1.33. The van der Waals surface area contributed by atoms with Gasteiger partial charge < -0.3 is 4.74 Å². The van der Waals surface area contributed by atoms with Crippen molar-refractivity contribution in [2.45, 2.75) is 25.7 Å². The van der Waals surface area contributed by atoms with Gasteiger partial charge in [0.25, 0.3) is 0 Å². The highest BCUT2D eigenvalue weighted by Crippen LogP contribution is 2.42. The molecule has 1 fully saturated rings. The molecular weight excluding hydrogens is 188 g/mol. The molecule has 0 atom stereocenters. The molecule has 0 saturated heterocycles. The molecule has 0 unspecified atom stereocenters. The lowest BCUT2D eigenvalue weighted by Crippen LogP contribution is -2.27. The zero-order valence-corrected chi connectivity index (χ0v) is 9.19. The fourth-order valence-electron chi connectivity index (χ4n) is 2.10. The molecule has 1 saturated carbocycles. The molecule has 2 rings (SSSR count). The fourth-order valence-corrected chi connectivity index (χ4v) is 2.10. The first-order chi connectivity index (χ1) is 7.20. The molecule has 0 heterocycles. The molecule has 1 aromatic rings. The number of ether oxygens (including phenoxy) is 1. The lowest BCUT2D eigenvalue weighted by molar-refractivity contribution is -0.123. The number of rotatable bonds is 3. The molecule has 0 aromatic heterocycles. The quantitative estimate of drug-likeness (QED) is 0.756. The van der Waals surface area contributed by atoms with Gasteiger partial charge in [0, 0.05) is 5.92 Å². The lowest BCUT2D eigenvalue weighted by Gasteiger charge is -2.33. The molecule has 2 heteroatoms. The van der Waals surface area contributed by atoms with Gasteiger partial charge in [-0.1, -0.05) is 12.1 Å². The monoisotopic (exact) mass is 204 g/mol. The van der Waals surface area contributed by atoms with E-state index < -0.39 is 0 Å². The summed E-state index contributed by atoms with van der Waals surface area (Å²) in [4.78, 5) is 11.1. The molecule has 0 bridgehead atoms. The normalized spacial score (nSPS) is 24.4. The minimum atomic E-state index is 0.303. The van der Waals surface area contributed by atoms with Gasteiger partial charge in [0.05, 0.1) is 7.11 Å². The maximum atomic E-state index is 11.1. The summed E-state index contributed by atoms with van der Waals surface area (Å²) in [6, 6.07) is 8.16. The van der Waals surface area contributed by atoms with Crippen molar-refractivity contribution in [3.05, 3.63) is 29.8 Å². The number of Topliss-reactive ketones (excluding diaryl/α,β-unsaturated/α-hetero) is 1. The van der Waals surface area contributed by atoms with Crippen LogP contribution in [0.1, 0.15) is 31.2 Å². The Labute approximate surface area is 90.3 Å². The molecular formula is C13H16O2. The average molecular weight is 204 g/mol. The minimum absolute atomic E-state index is 0.303. The Balaban J connectivity index is 1.98. The smallest absolute Gasteiger partial charge is 0.132 e. The molecule has 1 aliphatic rings. The Morgan fingerprint density at radius 3 is 2.33 bits per heavy atom. The second kappa shape index (κ2) is 4.05. The summed E-state index contributed by atoms with van der Waals surface area (Å²) in [7, 11) is 1.67. The maximum absolute atomic E-state index is 11.1. The van der Waals surface area contributed by atoms with E-state index in [1.807, 2.05) is 12.1 Å². The molecule has 0 aliphatic heterocycles. The second-order valence-electron chi connectivity index (χ2n) is 4.25. The summed E-state index contributed by atoms with van der Waals surface area (Å²) >= 11 is 0. The number of carbonyl (C=O) groups excluding carboxylic acids is 1. The number of carbonyl (C=O) groups is 1. The first kappa shape index (κ1) is 10.2. The fraction of sp³-hybridized carbons (Fsp3) is 0.462. The summed E-state index contributed by atoms with van der Waals surface area (Å²) < 4.78 is 5.11. The third kappa shape index (κ3) is 2.04. The van der Waals surface area contributed by atoms with E-state index in [2.05, 4.69) is 12.1 Å². The van der Waals surface area contributed by atoms with Gasteiger partial charge in [-0.3, -0.25) is 4.79 Å². The predicted octanol–water partition coefficient (Wildman–Crippen LogP) is 2.78. The first-order valence-electron chi connectivity index (χ1n) is 5.35. The van der Waals surface area contributed by atoms with Gasteiger partial charge in [0.15, 0.2) is 0 Å². The number of benzene rings is 1. The summed E-state index contributed by atoms with van der Waals surface area (Å²) in [6.07, 6.45) is 2.03. The van der Waals surface area contributed by atoms with E-state index in [0.717, 1.165) is 18.6 Å². The first-order valence-corrected chi connectivity index (χ1v) is 5.35. The van der Waals surface area contributed by atoms with Crippen LogP contribution in [-0.2, 0) is 4.79 Å². The van der Waals surface area contributed by atoms with Crippen molar-refractivity contribution >= 4 is 5.78 Å². The zero-order valence-electron chi connectivity index (χ0n) is 9.19. The molecule has 0 spiro atoms. The van der Waals surface area contributed by atoms with E-state index in [0.29, 0.717) is 17.6 Å². The Bertz CT molecular complexity index is 347. The Morgan fingerprint density at radius 2 is 1.87 bits per heavy atom. The summed E-state index contributed by atoms with van der Waals surface area (Å²) in [5, 5.41) is 0. The van der Waals surface area contributed by atoms with Crippen LogP contribution in [0.2, 0.25) is 0 Å². The van der Waals surface area contributed by atoms with Gasteiger partial charge in [-0.15, -0.1) is 0 Å². The van der Waals surface area contributed by atoms with Crippen molar-refractivity contribution in [3.8, 4) is 5.75 Å². The van der Waals surface area contributed by atoms with Gasteiger partial charge in [0.1, 0.15) is 11.5 Å². The number of ketones is 1. The average Bonchev–Trinajstić information content (AvgIpc) is 2.16. The molecule has 0 N–H and O–H groups in total. The van der Waals surface area contributed by atoms with Crippen LogP contribution >= 0.6 is 0 Å². The minimum Gasteiger partial charge on any atom is -0.497 e. The standard InChI is InChI=1S/C13H16O2/c1-9(14)11-7-12(8-11)10-3-5-13(15-2)6-4-10/h3-6,11-12H,7-8H2,1-2H3. The van der Waals surface area contributed by atoms with Crippen LogP contribution in [0.15, 0.2) is 24.3 Å². The Morgan fingerprint density at radius 1 is 1.27 bits per heavy atom. The molecule has 0 amide bonds. The third-order valence-corrected chi connectivity index (χ3v) is 3.30. The maximum Gasteiger partial charge on any atom is 0.132 e. The Hall–Kier alpha value is -1.31. The largest absolute Gasteiger partial charge is 0.497 e. The van der Waals surface area contributed by atoms with Crippen molar-refractivity contribution in [2.24, 2.45) is 5.92 Å². The van der Waals surface area contributed by atoms with Crippen LogP contribution in [0.25, 0.3) is 0 Å². The molecule has 1 aliphatic carbocycles. The van der Waals surface area contributed by atoms with Crippen LogP contribution in [-0.4, -0.2) is 12.9 Å².